The Morgan fingerprint density at radius 3 is 0.431 bits per heavy atom. The van der Waals surface area contributed by atoms with Crippen LogP contribution in [0, 0.1) is 23.7 Å². The van der Waals surface area contributed by atoms with E-state index in [1.807, 2.05) is 0 Å². The van der Waals surface area contributed by atoms with Crippen LogP contribution in [-0.4, -0.2) is 99.4 Å². The summed E-state index contributed by atoms with van der Waals surface area (Å²) >= 11 is 0. The molecule has 116 heavy (non-hydrogen) atoms. The highest BCUT2D eigenvalue weighted by atomic mass is 16.5. The van der Waals surface area contributed by atoms with Gasteiger partial charge in [0.25, 0.3) is 0 Å². The van der Waals surface area contributed by atoms with E-state index in [2.05, 4.69) is 65.2 Å². The van der Waals surface area contributed by atoms with E-state index < -0.39 is 0 Å². The van der Waals surface area contributed by atoms with Gasteiger partial charge in [0.2, 0.25) is 0 Å². The lowest BCUT2D eigenvalue weighted by Crippen LogP contribution is -2.28. The van der Waals surface area contributed by atoms with Gasteiger partial charge in [-0.05, 0) is 179 Å². The van der Waals surface area contributed by atoms with E-state index >= 15 is 0 Å². The molecule has 0 aliphatic rings. The molecule has 0 aromatic rings. The predicted molar refractivity (Wildman–Crippen MR) is 505 cm³/mol. The van der Waals surface area contributed by atoms with E-state index in [0.29, 0.717) is 75.8 Å². The molecule has 0 aliphatic heterocycles. The van der Waals surface area contributed by atoms with Crippen LogP contribution in [0.25, 0.3) is 0 Å². The van der Waals surface area contributed by atoms with Gasteiger partial charge in [0.15, 0.2) is 0 Å². The van der Waals surface area contributed by atoms with Gasteiger partial charge in [0.05, 0.1) is 26.4 Å². The lowest BCUT2D eigenvalue weighted by atomic mass is 9.94. The Kier molecular flexibility index (Phi) is 93.2. The highest BCUT2D eigenvalue weighted by Crippen LogP contribution is 2.27. The van der Waals surface area contributed by atoms with Crippen LogP contribution in [-0.2, 0) is 38.1 Å². The number of carbonyl (C=O) groups excluding carboxylic acids is 4. The highest BCUT2D eigenvalue weighted by Gasteiger charge is 2.19. The number of carbonyl (C=O) groups is 4. The number of hydrogen-bond acceptors (Lipinski definition) is 10. The molecule has 10 heteroatoms. The van der Waals surface area contributed by atoms with Crippen molar-refractivity contribution in [3.63, 3.8) is 0 Å². The van der Waals surface area contributed by atoms with E-state index in [4.69, 9.17) is 18.9 Å². The largest absolute Gasteiger partial charge is 0.465 e. The fourth-order valence-corrected chi connectivity index (χ4v) is 17.6. The summed E-state index contributed by atoms with van der Waals surface area (Å²) in [5, 5.41) is 0. The molecule has 0 aromatic carbocycles. The lowest BCUT2D eigenvalue weighted by molar-refractivity contribution is -0.146. The van der Waals surface area contributed by atoms with Crippen LogP contribution in [0.4, 0.5) is 0 Å². The summed E-state index contributed by atoms with van der Waals surface area (Å²) in [6.45, 7) is 26.6. The van der Waals surface area contributed by atoms with Gasteiger partial charge in [-0.3, -0.25) is 19.2 Å². The standard InChI is InChI=1S/C106H208N2O8/c1-9-17-25-33-41-49-59-77-99(78-60-50-42-34-26-18-10-2)95-113-103(109)85-67-73-91-107(92-74-68-86-104(110)114-96-100(79-61-51-43-35-27-19-11-3)80-62-52-44-36-28-20-12-4)89-71-57-58-72-90-108(93-75-69-87-105(111)115-97-101(81-63-53-45-37-29-21-13-5)82-64-54-46-38-30-22-14-6)94-76-70-88-106(112)116-98-102(83-65-55-47-39-31-23-15-7)84-66-56-48-40-32-24-16-8/h99-102H,9-98H2,1-8H3. The van der Waals surface area contributed by atoms with E-state index in [1.165, 1.54) is 411 Å². The average Bonchev–Trinajstić information content (AvgIpc) is 0.988. The summed E-state index contributed by atoms with van der Waals surface area (Å²) in [5.41, 5.74) is 0. The highest BCUT2D eigenvalue weighted by molar-refractivity contribution is 5.70. The second-order valence-corrected chi connectivity index (χ2v) is 37.4. The van der Waals surface area contributed by atoms with E-state index in [-0.39, 0.29) is 23.9 Å². The number of ether oxygens (including phenoxy) is 4. The van der Waals surface area contributed by atoms with Crippen LogP contribution in [0.3, 0.4) is 0 Å². The van der Waals surface area contributed by atoms with Crippen molar-refractivity contribution in [2.75, 3.05) is 65.7 Å². The van der Waals surface area contributed by atoms with E-state index in [9.17, 15) is 19.2 Å². The molecule has 0 aromatic heterocycles. The minimum Gasteiger partial charge on any atom is -0.465 e. The minimum atomic E-state index is -0.0194. The Morgan fingerprint density at radius 1 is 0.164 bits per heavy atom. The zero-order valence-electron chi connectivity index (χ0n) is 80.1. The third kappa shape index (κ3) is 85.4. The monoisotopic (exact) mass is 1640 g/mol. The van der Waals surface area contributed by atoms with Gasteiger partial charge in [0, 0.05) is 25.7 Å². The van der Waals surface area contributed by atoms with Crippen LogP contribution in [0.15, 0.2) is 0 Å². The predicted octanol–water partition coefficient (Wildman–Crippen LogP) is 33.6. The van der Waals surface area contributed by atoms with Gasteiger partial charge >= 0.3 is 23.9 Å². The van der Waals surface area contributed by atoms with Crippen molar-refractivity contribution < 1.29 is 38.1 Å². The molecular weight excluding hydrogens is 1430 g/mol. The molecule has 0 aliphatic carbocycles. The third-order valence-electron chi connectivity index (χ3n) is 25.8. The molecular formula is C106H208N2O8. The second-order valence-electron chi connectivity index (χ2n) is 37.4. The minimum absolute atomic E-state index is 0.0194. The van der Waals surface area contributed by atoms with Crippen LogP contribution in [0.1, 0.15) is 569 Å². The van der Waals surface area contributed by atoms with Crippen molar-refractivity contribution in [3.05, 3.63) is 0 Å². The maximum absolute atomic E-state index is 13.5. The summed E-state index contributed by atoms with van der Waals surface area (Å²) in [5.74, 6) is 1.83. The molecule has 0 heterocycles. The van der Waals surface area contributed by atoms with Crippen LogP contribution in [0.5, 0.6) is 0 Å². The summed E-state index contributed by atoms with van der Waals surface area (Å²) in [4.78, 5) is 59.1. The third-order valence-corrected chi connectivity index (χ3v) is 25.8. The zero-order chi connectivity index (χ0) is 84.2. The maximum Gasteiger partial charge on any atom is 0.305 e. The van der Waals surface area contributed by atoms with Crippen LogP contribution in [0.2, 0.25) is 0 Å². The molecule has 0 fully saturated rings. The number of nitrogens with zero attached hydrogens (tertiary/aromatic N) is 2. The van der Waals surface area contributed by atoms with Crippen molar-refractivity contribution in [2.24, 2.45) is 23.7 Å². The van der Waals surface area contributed by atoms with Gasteiger partial charge in [0.1, 0.15) is 0 Å². The van der Waals surface area contributed by atoms with Crippen molar-refractivity contribution >= 4 is 23.9 Å². The number of esters is 4. The van der Waals surface area contributed by atoms with Gasteiger partial charge in [-0.1, -0.05) is 428 Å². The van der Waals surface area contributed by atoms with Crippen LogP contribution < -0.4 is 0 Å². The van der Waals surface area contributed by atoms with Gasteiger partial charge in [-0.25, -0.2) is 0 Å². The number of unbranched alkanes of at least 4 members (excludes halogenated alkanes) is 55. The lowest BCUT2D eigenvalue weighted by Gasteiger charge is -2.23. The first kappa shape index (κ1) is 114. The smallest absolute Gasteiger partial charge is 0.305 e. The van der Waals surface area contributed by atoms with Crippen molar-refractivity contribution in [1.29, 1.82) is 0 Å². The number of rotatable bonds is 99. The number of hydrogen-bond donors (Lipinski definition) is 0. The normalized spacial score (nSPS) is 11.9. The molecule has 10 nitrogen and oxygen atoms in total. The Hall–Kier alpha value is -2.20. The van der Waals surface area contributed by atoms with E-state index in [1.54, 1.807) is 0 Å². The summed E-state index contributed by atoms with van der Waals surface area (Å²) < 4.78 is 24.5. The molecule has 690 valence electrons. The zero-order valence-corrected chi connectivity index (χ0v) is 80.1. The summed E-state index contributed by atoms with van der Waals surface area (Å²) in [7, 11) is 0. The Bertz CT molecular complexity index is 1630. The molecule has 0 saturated heterocycles. The Balaban J connectivity index is 6.19. The van der Waals surface area contributed by atoms with Crippen molar-refractivity contribution in [3.8, 4) is 0 Å². The molecule has 0 bridgehead atoms. The first-order valence-corrected chi connectivity index (χ1v) is 53.2. The average molecular weight is 1640 g/mol. The molecule has 0 rings (SSSR count). The first-order chi connectivity index (χ1) is 57.1. The fourth-order valence-electron chi connectivity index (χ4n) is 17.6. The Morgan fingerprint density at radius 2 is 0.284 bits per heavy atom. The molecule has 0 amide bonds. The van der Waals surface area contributed by atoms with Gasteiger partial charge < -0.3 is 28.7 Å². The molecule has 0 saturated carbocycles. The SMILES string of the molecule is CCCCCCCCCC(CCCCCCCCC)COC(=O)CCCCN(CCCCCCN(CCCCC(=O)OCC(CCCCCCCCC)CCCCCCCCC)CCCCC(=O)OCC(CCCCCCCCC)CCCCCCCCC)CCCCC(=O)OCC(CCCCCCCCC)CCCCCCCCC. The summed E-state index contributed by atoms with van der Waals surface area (Å²) in [6.07, 6.45) is 97.0. The topological polar surface area (TPSA) is 112 Å². The molecule has 0 N–H and O–H groups in total. The molecule has 0 spiro atoms. The maximum atomic E-state index is 13.5. The Labute approximate surface area is 726 Å². The van der Waals surface area contributed by atoms with Gasteiger partial charge in [-0.2, -0.15) is 0 Å². The van der Waals surface area contributed by atoms with E-state index in [0.717, 1.165) is 116 Å². The fraction of sp³-hybridized carbons (Fsp3) is 0.962. The molecule has 0 atom stereocenters. The summed E-state index contributed by atoms with van der Waals surface area (Å²) in [6, 6.07) is 0. The van der Waals surface area contributed by atoms with Crippen molar-refractivity contribution in [1.82, 2.24) is 9.80 Å². The second kappa shape index (κ2) is 95.0. The molecule has 0 unspecified atom stereocenters. The first-order valence-electron chi connectivity index (χ1n) is 53.2. The van der Waals surface area contributed by atoms with Crippen molar-refractivity contribution in [2.45, 2.75) is 569 Å². The molecule has 0 radical (unpaired) electrons. The van der Waals surface area contributed by atoms with Gasteiger partial charge in [-0.15, -0.1) is 0 Å². The quantitative estimate of drug-likeness (QED) is 0.0331. The van der Waals surface area contributed by atoms with Crippen LogP contribution >= 0.6 is 0 Å².